The van der Waals surface area contributed by atoms with Gasteiger partial charge in [-0.25, -0.2) is 4.98 Å². The second kappa shape index (κ2) is 11.3. The fraction of sp³-hybridized carbons (Fsp3) is 0.370. The van der Waals surface area contributed by atoms with E-state index in [1.54, 1.807) is 18.3 Å². The van der Waals surface area contributed by atoms with Crippen LogP contribution in [0.4, 0.5) is 5.69 Å². The van der Waals surface area contributed by atoms with Crippen molar-refractivity contribution in [3.63, 3.8) is 0 Å². The Kier molecular flexibility index (Phi) is 7.95. The molecule has 1 aromatic heterocycles. The molecule has 34 heavy (non-hydrogen) atoms. The van der Waals surface area contributed by atoms with Crippen molar-refractivity contribution >= 4 is 28.9 Å². The summed E-state index contributed by atoms with van der Waals surface area (Å²) in [7, 11) is 0. The zero-order chi connectivity index (χ0) is 23.9. The zero-order valence-electron chi connectivity index (χ0n) is 19.7. The van der Waals surface area contributed by atoms with Crippen LogP contribution in [0, 0.1) is 0 Å². The number of anilines is 1. The van der Waals surface area contributed by atoms with Crippen LogP contribution in [0.15, 0.2) is 53.9 Å². The molecule has 0 N–H and O–H groups in total. The molecular formula is C27H30N2O4S. The number of amides is 1. The summed E-state index contributed by atoms with van der Waals surface area (Å²) in [4.78, 5) is 31.6. The molecule has 3 aromatic rings. The van der Waals surface area contributed by atoms with E-state index in [0.717, 1.165) is 48.4 Å². The number of thiazole rings is 1. The highest BCUT2D eigenvalue weighted by molar-refractivity contribution is 7.10. The molecule has 1 aliphatic heterocycles. The van der Waals surface area contributed by atoms with Crippen molar-refractivity contribution in [2.45, 2.75) is 52.1 Å². The number of carbonyl (C=O) groups excluding carboxylic acids is 2. The van der Waals surface area contributed by atoms with Crippen LogP contribution < -0.4 is 9.64 Å². The summed E-state index contributed by atoms with van der Waals surface area (Å²) in [6.07, 6.45) is 4.22. The number of aromatic nitrogens is 1. The molecule has 2 aromatic carbocycles. The van der Waals surface area contributed by atoms with Crippen LogP contribution in [0.5, 0.6) is 5.75 Å². The molecule has 0 spiro atoms. The first kappa shape index (κ1) is 24.0. The highest BCUT2D eigenvalue weighted by atomic mass is 32.1. The van der Waals surface area contributed by atoms with Crippen molar-refractivity contribution in [3.8, 4) is 17.0 Å². The molecule has 1 unspecified atom stereocenters. The van der Waals surface area contributed by atoms with Crippen LogP contribution in [0.1, 0.15) is 50.1 Å². The molecular weight excluding hydrogens is 448 g/mol. The molecule has 0 saturated carbocycles. The second-order valence-corrected chi connectivity index (χ2v) is 9.38. The Morgan fingerprint density at radius 3 is 2.76 bits per heavy atom. The van der Waals surface area contributed by atoms with E-state index < -0.39 is 12.1 Å². The van der Waals surface area contributed by atoms with E-state index in [1.165, 1.54) is 10.5 Å². The molecule has 6 nitrogen and oxygen atoms in total. The molecule has 2 heterocycles. The quantitative estimate of drug-likeness (QED) is 0.279. The van der Waals surface area contributed by atoms with Gasteiger partial charge < -0.3 is 9.47 Å². The van der Waals surface area contributed by atoms with Crippen LogP contribution in [-0.4, -0.2) is 36.1 Å². The summed E-state index contributed by atoms with van der Waals surface area (Å²) >= 11 is 1.61. The van der Waals surface area contributed by atoms with Gasteiger partial charge in [0.15, 0.2) is 6.10 Å². The third kappa shape index (κ3) is 5.83. The predicted octanol–water partition coefficient (Wildman–Crippen LogP) is 5.64. The van der Waals surface area contributed by atoms with Gasteiger partial charge in [0.2, 0.25) is 0 Å². The minimum atomic E-state index is -0.660. The topological polar surface area (TPSA) is 68.7 Å². The summed E-state index contributed by atoms with van der Waals surface area (Å²) in [6, 6.07) is 15.9. The van der Waals surface area contributed by atoms with E-state index in [1.807, 2.05) is 41.8 Å². The van der Waals surface area contributed by atoms with Gasteiger partial charge in [-0.2, -0.15) is 0 Å². The average Bonchev–Trinajstić information content (AvgIpc) is 3.31. The summed E-state index contributed by atoms with van der Waals surface area (Å²) < 4.78 is 11.2. The summed E-state index contributed by atoms with van der Waals surface area (Å²) in [5, 5.41) is 3.03. The van der Waals surface area contributed by atoms with Gasteiger partial charge in [-0.1, -0.05) is 56.5 Å². The number of hydrogen-bond acceptors (Lipinski definition) is 6. The van der Waals surface area contributed by atoms with Crippen LogP contribution in [0.25, 0.3) is 11.3 Å². The number of benzene rings is 2. The van der Waals surface area contributed by atoms with E-state index >= 15 is 0 Å². The molecule has 0 radical (unpaired) electrons. The van der Waals surface area contributed by atoms with Gasteiger partial charge in [-0.3, -0.25) is 14.5 Å². The minimum absolute atomic E-state index is 0.132. The third-order valence-electron chi connectivity index (χ3n) is 5.76. The van der Waals surface area contributed by atoms with E-state index in [-0.39, 0.29) is 12.5 Å². The number of unbranched alkanes of at least 4 members (excludes halogenated alkanes) is 3. The maximum Gasteiger partial charge on any atom is 0.326 e. The molecule has 0 aliphatic carbocycles. The Morgan fingerprint density at radius 2 is 1.97 bits per heavy atom. The standard InChI is InChI=1S/C27H30N2O4S/c1-3-4-5-9-14-32-26(30)17-29-23-16-21(12-13-24(23)33-19(2)27(29)31)22-18-34-25(28-22)15-20-10-7-6-8-11-20/h6-8,10-13,16,18-19H,3-5,9,14-15,17H2,1-2H3. The van der Waals surface area contributed by atoms with Gasteiger partial charge in [0.1, 0.15) is 12.3 Å². The molecule has 178 valence electrons. The zero-order valence-corrected chi connectivity index (χ0v) is 20.5. The van der Waals surface area contributed by atoms with Crippen molar-refractivity contribution in [1.29, 1.82) is 0 Å². The Balaban J connectivity index is 1.49. The number of esters is 1. The van der Waals surface area contributed by atoms with Crippen LogP contribution in [0.3, 0.4) is 0 Å². The lowest BCUT2D eigenvalue weighted by molar-refractivity contribution is -0.143. The lowest BCUT2D eigenvalue weighted by Crippen LogP contribution is -2.47. The maximum atomic E-state index is 12.9. The first-order chi connectivity index (χ1) is 16.5. The molecule has 0 saturated heterocycles. The summed E-state index contributed by atoms with van der Waals surface area (Å²) in [6.45, 7) is 4.08. The van der Waals surface area contributed by atoms with Gasteiger partial charge in [-0.15, -0.1) is 11.3 Å². The third-order valence-corrected chi connectivity index (χ3v) is 6.61. The fourth-order valence-corrected chi connectivity index (χ4v) is 4.75. The van der Waals surface area contributed by atoms with Gasteiger partial charge >= 0.3 is 5.97 Å². The van der Waals surface area contributed by atoms with Gasteiger partial charge in [0, 0.05) is 17.4 Å². The number of hydrogen-bond donors (Lipinski definition) is 0. The molecule has 1 aliphatic rings. The maximum absolute atomic E-state index is 12.9. The van der Waals surface area contributed by atoms with E-state index in [0.29, 0.717) is 18.0 Å². The van der Waals surface area contributed by atoms with Crippen molar-refractivity contribution in [3.05, 3.63) is 64.5 Å². The Bertz CT molecular complexity index is 1130. The monoisotopic (exact) mass is 478 g/mol. The number of rotatable bonds is 10. The SMILES string of the molecule is CCCCCCOC(=O)CN1C(=O)C(C)Oc2ccc(-c3csc(Cc4ccccc4)n3)cc21. The second-order valence-electron chi connectivity index (χ2n) is 8.44. The van der Waals surface area contributed by atoms with E-state index in [9.17, 15) is 9.59 Å². The first-order valence-electron chi connectivity index (χ1n) is 11.8. The van der Waals surface area contributed by atoms with Crippen molar-refractivity contribution in [1.82, 2.24) is 4.98 Å². The number of ether oxygens (including phenoxy) is 2. The average molecular weight is 479 g/mol. The number of fused-ring (bicyclic) bond motifs is 1. The molecule has 1 atom stereocenters. The molecule has 4 rings (SSSR count). The normalized spacial score (nSPS) is 15.1. The predicted molar refractivity (Wildman–Crippen MR) is 134 cm³/mol. The summed E-state index contributed by atoms with van der Waals surface area (Å²) in [5.74, 6) is -0.0870. The number of nitrogens with zero attached hydrogens (tertiary/aromatic N) is 2. The van der Waals surface area contributed by atoms with Crippen LogP contribution in [0.2, 0.25) is 0 Å². The van der Waals surface area contributed by atoms with Crippen molar-refractivity contribution in [2.24, 2.45) is 0 Å². The largest absolute Gasteiger partial charge is 0.479 e. The highest BCUT2D eigenvalue weighted by Crippen LogP contribution is 2.38. The van der Waals surface area contributed by atoms with Crippen molar-refractivity contribution in [2.75, 3.05) is 18.1 Å². The van der Waals surface area contributed by atoms with Gasteiger partial charge in [-0.05, 0) is 37.1 Å². The van der Waals surface area contributed by atoms with E-state index in [4.69, 9.17) is 14.5 Å². The fourth-order valence-electron chi connectivity index (χ4n) is 3.91. The first-order valence-corrected chi connectivity index (χ1v) is 12.7. The Morgan fingerprint density at radius 1 is 1.15 bits per heavy atom. The summed E-state index contributed by atoms with van der Waals surface area (Å²) in [5.41, 5.74) is 3.49. The molecule has 7 heteroatoms. The Labute approximate surface area is 204 Å². The lowest BCUT2D eigenvalue weighted by Gasteiger charge is -2.32. The van der Waals surface area contributed by atoms with Crippen LogP contribution in [-0.2, 0) is 20.7 Å². The van der Waals surface area contributed by atoms with Gasteiger partial charge in [0.05, 0.1) is 23.0 Å². The molecule has 1 amide bonds. The van der Waals surface area contributed by atoms with Gasteiger partial charge in [0.25, 0.3) is 5.91 Å². The molecule has 0 bridgehead atoms. The van der Waals surface area contributed by atoms with Crippen molar-refractivity contribution < 1.29 is 19.1 Å². The number of carbonyl (C=O) groups is 2. The minimum Gasteiger partial charge on any atom is -0.479 e. The lowest BCUT2D eigenvalue weighted by atomic mass is 10.1. The van der Waals surface area contributed by atoms with Crippen LogP contribution >= 0.6 is 11.3 Å². The smallest absolute Gasteiger partial charge is 0.326 e. The molecule has 0 fully saturated rings. The Hall–Kier alpha value is -3.19. The van der Waals surface area contributed by atoms with E-state index in [2.05, 4.69) is 19.1 Å². The highest BCUT2D eigenvalue weighted by Gasteiger charge is 2.33.